The highest BCUT2D eigenvalue weighted by Gasteiger charge is 2.50. The van der Waals surface area contributed by atoms with Crippen LogP contribution in [0.2, 0.25) is 0 Å². The van der Waals surface area contributed by atoms with Crippen molar-refractivity contribution in [1.29, 1.82) is 0 Å². The van der Waals surface area contributed by atoms with Crippen LogP contribution in [0.5, 0.6) is 5.75 Å². The summed E-state index contributed by atoms with van der Waals surface area (Å²) in [7, 11) is 1.65. The van der Waals surface area contributed by atoms with Crippen LogP contribution in [0.15, 0.2) is 72.8 Å². The molecule has 0 amide bonds. The van der Waals surface area contributed by atoms with Gasteiger partial charge in [0.25, 0.3) is 0 Å². The molecule has 0 heterocycles. The first-order valence-electron chi connectivity index (χ1n) is 10.0. The van der Waals surface area contributed by atoms with Gasteiger partial charge in [0.05, 0.1) is 7.11 Å². The SMILES string of the molecule is COc1ccc2c(c1)CC(C)(C)C2(O)C#Cc1ccccc1C#Cc1ccccc1. The Morgan fingerprint density at radius 1 is 0.833 bits per heavy atom. The van der Waals surface area contributed by atoms with Crippen LogP contribution in [0.1, 0.15) is 41.7 Å². The molecular formula is C28H24O2. The lowest BCUT2D eigenvalue weighted by Gasteiger charge is -2.32. The van der Waals surface area contributed by atoms with Gasteiger partial charge in [-0.05, 0) is 53.9 Å². The molecule has 1 atom stereocenters. The maximum Gasteiger partial charge on any atom is 0.156 e. The van der Waals surface area contributed by atoms with Gasteiger partial charge in [-0.3, -0.25) is 0 Å². The lowest BCUT2D eigenvalue weighted by atomic mass is 9.76. The molecule has 0 spiro atoms. The largest absolute Gasteiger partial charge is 0.497 e. The normalized spacial score (nSPS) is 18.4. The first kappa shape index (κ1) is 19.8. The summed E-state index contributed by atoms with van der Waals surface area (Å²) in [5.74, 6) is 13.6. The Labute approximate surface area is 178 Å². The number of benzene rings is 3. The molecule has 4 rings (SSSR count). The zero-order valence-corrected chi connectivity index (χ0v) is 17.5. The number of methoxy groups -OCH3 is 1. The molecule has 0 saturated heterocycles. The van der Waals surface area contributed by atoms with Crippen molar-refractivity contribution in [1.82, 2.24) is 0 Å². The van der Waals surface area contributed by atoms with E-state index in [-0.39, 0.29) is 0 Å². The molecule has 1 aliphatic rings. The minimum absolute atomic E-state index is 0.417. The Balaban J connectivity index is 1.74. The summed E-state index contributed by atoms with van der Waals surface area (Å²) in [5, 5.41) is 11.6. The number of hydrogen-bond donors (Lipinski definition) is 1. The van der Waals surface area contributed by atoms with Crippen LogP contribution in [-0.4, -0.2) is 12.2 Å². The predicted octanol–water partition coefficient (Wildman–Crippen LogP) is 4.92. The summed E-state index contributed by atoms with van der Waals surface area (Å²) in [5.41, 5.74) is 2.89. The summed E-state index contributed by atoms with van der Waals surface area (Å²) >= 11 is 0. The summed E-state index contributed by atoms with van der Waals surface area (Å²) < 4.78 is 5.35. The number of ether oxygens (including phenoxy) is 1. The van der Waals surface area contributed by atoms with E-state index in [1.54, 1.807) is 7.11 Å². The Bertz CT molecular complexity index is 1200. The standard InChI is InChI=1S/C28H24O2/c1-27(2)20-24-19-25(30-3)15-16-26(24)28(27,29)18-17-23-12-8-7-11-22(23)14-13-21-9-5-4-6-10-21/h4-12,15-16,19,29H,20H2,1-3H3. The highest BCUT2D eigenvalue weighted by atomic mass is 16.5. The fourth-order valence-electron chi connectivity index (χ4n) is 3.92. The predicted molar refractivity (Wildman–Crippen MR) is 120 cm³/mol. The van der Waals surface area contributed by atoms with Crippen molar-refractivity contribution >= 4 is 0 Å². The van der Waals surface area contributed by atoms with Crippen LogP contribution in [0.3, 0.4) is 0 Å². The fraction of sp³-hybridized carbons (Fsp3) is 0.214. The minimum atomic E-state index is -1.24. The molecule has 2 nitrogen and oxygen atoms in total. The Hall–Kier alpha value is -3.46. The molecule has 1 N–H and O–H groups in total. The van der Waals surface area contributed by atoms with Gasteiger partial charge < -0.3 is 9.84 Å². The van der Waals surface area contributed by atoms with Gasteiger partial charge in [0.1, 0.15) is 5.75 Å². The van der Waals surface area contributed by atoms with E-state index in [0.717, 1.165) is 40.0 Å². The van der Waals surface area contributed by atoms with Crippen LogP contribution in [0.25, 0.3) is 0 Å². The van der Waals surface area contributed by atoms with Crippen molar-refractivity contribution in [3.8, 4) is 29.4 Å². The lowest BCUT2D eigenvalue weighted by Crippen LogP contribution is -2.37. The van der Waals surface area contributed by atoms with Crippen molar-refractivity contribution in [2.75, 3.05) is 7.11 Å². The van der Waals surface area contributed by atoms with Crippen molar-refractivity contribution < 1.29 is 9.84 Å². The highest BCUT2D eigenvalue weighted by molar-refractivity contribution is 5.55. The van der Waals surface area contributed by atoms with Gasteiger partial charge in [-0.1, -0.05) is 73.9 Å². The second-order valence-electron chi connectivity index (χ2n) is 8.21. The molecule has 148 valence electrons. The van der Waals surface area contributed by atoms with Gasteiger partial charge in [0, 0.05) is 22.1 Å². The molecule has 0 radical (unpaired) electrons. The van der Waals surface area contributed by atoms with Crippen LogP contribution >= 0.6 is 0 Å². The third kappa shape index (κ3) is 3.59. The molecular weight excluding hydrogens is 368 g/mol. The number of rotatable bonds is 1. The van der Waals surface area contributed by atoms with E-state index in [0.29, 0.717) is 0 Å². The van der Waals surface area contributed by atoms with E-state index >= 15 is 0 Å². The molecule has 0 saturated carbocycles. The topological polar surface area (TPSA) is 29.5 Å². The maximum absolute atomic E-state index is 11.6. The summed E-state index contributed by atoms with van der Waals surface area (Å²) in [6.45, 7) is 4.10. The molecule has 0 bridgehead atoms. The Kier molecular flexibility index (Phi) is 5.13. The summed E-state index contributed by atoms with van der Waals surface area (Å²) in [6.07, 6.45) is 0.736. The van der Waals surface area contributed by atoms with E-state index < -0.39 is 11.0 Å². The third-order valence-corrected chi connectivity index (χ3v) is 5.73. The molecule has 3 aromatic rings. The second-order valence-corrected chi connectivity index (χ2v) is 8.21. The molecule has 1 unspecified atom stereocenters. The van der Waals surface area contributed by atoms with E-state index in [4.69, 9.17) is 4.74 Å². The van der Waals surface area contributed by atoms with Gasteiger partial charge in [-0.25, -0.2) is 0 Å². The molecule has 2 heteroatoms. The lowest BCUT2D eigenvalue weighted by molar-refractivity contribution is -0.00421. The number of hydrogen-bond acceptors (Lipinski definition) is 2. The van der Waals surface area contributed by atoms with Crippen LogP contribution in [0.4, 0.5) is 0 Å². The van der Waals surface area contributed by atoms with Crippen LogP contribution in [-0.2, 0) is 12.0 Å². The van der Waals surface area contributed by atoms with Crippen molar-refractivity contribution in [3.63, 3.8) is 0 Å². The zero-order chi connectivity index (χ0) is 21.2. The quantitative estimate of drug-likeness (QED) is 0.596. The maximum atomic E-state index is 11.6. The first-order valence-corrected chi connectivity index (χ1v) is 10.0. The zero-order valence-electron chi connectivity index (χ0n) is 17.5. The smallest absolute Gasteiger partial charge is 0.156 e. The van der Waals surface area contributed by atoms with Crippen molar-refractivity contribution in [2.24, 2.45) is 5.41 Å². The van der Waals surface area contributed by atoms with E-state index in [9.17, 15) is 5.11 Å². The Morgan fingerprint density at radius 2 is 1.50 bits per heavy atom. The average molecular weight is 392 g/mol. The molecule has 30 heavy (non-hydrogen) atoms. The van der Waals surface area contributed by atoms with Crippen molar-refractivity contribution in [3.05, 3.63) is 101 Å². The van der Waals surface area contributed by atoms with Crippen LogP contribution < -0.4 is 4.74 Å². The van der Waals surface area contributed by atoms with Crippen molar-refractivity contribution in [2.45, 2.75) is 25.9 Å². The number of aliphatic hydroxyl groups is 1. The first-order chi connectivity index (χ1) is 14.4. The highest BCUT2D eigenvalue weighted by Crippen LogP contribution is 2.50. The summed E-state index contributed by atoms with van der Waals surface area (Å²) in [6, 6.07) is 23.5. The minimum Gasteiger partial charge on any atom is -0.497 e. The fourth-order valence-corrected chi connectivity index (χ4v) is 3.92. The Morgan fingerprint density at radius 3 is 2.20 bits per heavy atom. The van der Waals surface area contributed by atoms with Gasteiger partial charge >= 0.3 is 0 Å². The van der Waals surface area contributed by atoms with Gasteiger partial charge in [0.2, 0.25) is 0 Å². The van der Waals surface area contributed by atoms with Gasteiger partial charge in [-0.2, -0.15) is 0 Å². The van der Waals surface area contributed by atoms with E-state index in [1.807, 2.05) is 72.8 Å². The molecule has 1 aliphatic carbocycles. The molecule has 0 aliphatic heterocycles. The van der Waals surface area contributed by atoms with Crippen LogP contribution in [0, 0.1) is 29.1 Å². The van der Waals surface area contributed by atoms with Gasteiger partial charge in [-0.15, -0.1) is 0 Å². The third-order valence-electron chi connectivity index (χ3n) is 5.73. The number of fused-ring (bicyclic) bond motifs is 1. The van der Waals surface area contributed by atoms with E-state index in [1.165, 1.54) is 0 Å². The molecule has 0 aromatic heterocycles. The second kappa shape index (κ2) is 7.75. The van der Waals surface area contributed by atoms with Gasteiger partial charge in [0.15, 0.2) is 5.60 Å². The monoisotopic (exact) mass is 392 g/mol. The molecule has 3 aromatic carbocycles. The summed E-state index contributed by atoms with van der Waals surface area (Å²) in [4.78, 5) is 0. The average Bonchev–Trinajstić information content (AvgIpc) is 2.96. The molecule has 0 fully saturated rings. The van der Waals surface area contributed by atoms with E-state index in [2.05, 4.69) is 37.5 Å².